The minimum Gasteiger partial charge on any atom is -0.486 e. The third-order valence-electron chi connectivity index (χ3n) is 4.55. The number of thioether (sulfide) groups is 1. The number of nitriles is 1. The summed E-state index contributed by atoms with van der Waals surface area (Å²) in [5, 5.41) is 18.4. The maximum atomic E-state index is 8.83. The van der Waals surface area contributed by atoms with Gasteiger partial charge in [0.15, 0.2) is 11.0 Å². The third-order valence-corrected chi connectivity index (χ3v) is 5.49. The van der Waals surface area contributed by atoms with Gasteiger partial charge in [-0.05, 0) is 36.6 Å². The zero-order valence-electron chi connectivity index (χ0n) is 16.2. The number of hydrogen-bond acceptors (Lipinski definition) is 5. The van der Waals surface area contributed by atoms with Gasteiger partial charge in [0, 0.05) is 12.2 Å². The zero-order chi connectivity index (χ0) is 19.8. The number of rotatable bonds is 9. The van der Waals surface area contributed by atoms with Crippen molar-refractivity contribution in [3.05, 3.63) is 71.5 Å². The maximum absolute atomic E-state index is 8.83. The van der Waals surface area contributed by atoms with E-state index in [1.54, 1.807) is 11.8 Å². The predicted octanol–water partition coefficient (Wildman–Crippen LogP) is 5.03. The summed E-state index contributed by atoms with van der Waals surface area (Å²) in [6.45, 7) is 4.61. The van der Waals surface area contributed by atoms with Crippen LogP contribution in [-0.4, -0.2) is 20.5 Å². The summed E-state index contributed by atoms with van der Waals surface area (Å²) in [6.07, 6.45) is 1.49. The average Bonchev–Trinajstić information content (AvgIpc) is 3.15. The second kappa shape index (κ2) is 9.95. The largest absolute Gasteiger partial charge is 0.486 e. The van der Waals surface area contributed by atoms with Crippen molar-refractivity contribution in [1.29, 1.82) is 5.26 Å². The first-order chi connectivity index (χ1) is 13.7. The van der Waals surface area contributed by atoms with Crippen LogP contribution in [-0.2, 0) is 13.0 Å². The molecule has 0 amide bonds. The molecule has 3 rings (SSSR count). The van der Waals surface area contributed by atoms with Crippen LogP contribution < -0.4 is 4.74 Å². The van der Waals surface area contributed by atoms with Crippen molar-refractivity contribution < 1.29 is 4.74 Å². The van der Waals surface area contributed by atoms with Gasteiger partial charge in [-0.15, -0.1) is 10.2 Å². The van der Waals surface area contributed by atoms with Gasteiger partial charge in [-0.1, -0.05) is 61.2 Å². The molecule has 6 heteroatoms. The van der Waals surface area contributed by atoms with Crippen molar-refractivity contribution in [2.45, 2.75) is 44.5 Å². The van der Waals surface area contributed by atoms with Crippen molar-refractivity contribution in [1.82, 2.24) is 14.8 Å². The minimum absolute atomic E-state index is 0.0712. The highest BCUT2D eigenvalue weighted by atomic mass is 32.2. The van der Waals surface area contributed by atoms with Crippen LogP contribution >= 0.6 is 11.8 Å². The van der Waals surface area contributed by atoms with Crippen LogP contribution in [0.15, 0.2) is 59.8 Å². The molecule has 28 heavy (non-hydrogen) atoms. The Morgan fingerprint density at radius 2 is 1.86 bits per heavy atom. The van der Waals surface area contributed by atoms with Crippen LogP contribution in [0.1, 0.15) is 43.3 Å². The van der Waals surface area contributed by atoms with E-state index in [1.165, 1.54) is 11.1 Å². The molecular weight excluding hydrogens is 368 g/mol. The van der Waals surface area contributed by atoms with E-state index in [0.717, 1.165) is 23.2 Å². The molecular formula is C22H24N4OS. The van der Waals surface area contributed by atoms with E-state index < -0.39 is 0 Å². The fourth-order valence-corrected chi connectivity index (χ4v) is 3.81. The van der Waals surface area contributed by atoms with Gasteiger partial charge in [0.2, 0.25) is 0 Å². The highest BCUT2D eigenvalue weighted by molar-refractivity contribution is 7.99. The first-order valence-corrected chi connectivity index (χ1v) is 10.4. The third kappa shape index (κ3) is 4.93. The SMILES string of the molecule is CCc1ccc(OCc2nnc(SCCC#N)n2[C@H](C)c2ccccc2)cc1. The molecule has 0 aliphatic rings. The van der Waals surface area contributed by atoms with Crippen LogP contribution in [0.4, 0.5) is 0 Å². The molecule has 0 radical (unpaired) electrons. The number of ether oxygens (including phenoxy) is 1. The lowest BCUT2D eigenvalue weighted by Gasteiger charge is -2.18. The van der Waals surface area contributed by atoms with Gasteiger partial charge in [-0.25, -0.2) is 0 Å². The molecule has 1 aromatic heterocycles. The van der Waals surface area contributed by atoms with E-state index in [1.807, 2.05) is 30.3 Å². The Bertz CT molecular complexity index is 916. The Labute approximate surface area is 170 Å². The van der Waals surface area contributed by atoms with E-state index in [2.05, 4.69) is 58.9 Å². The molecule has 1 atom stereocenters. The molecule has 0 aliphatic heterocycles. The average molecular weight is 393 g/mol. The molecule has 2 aromatic carbocycles. The lowest BCUT2D eigenvalue weighted by atomic mass is 10.1. The van der Waals surface area contributed by atoms with Gasteiger partial charge in [0.25, 0.3) is 0 Å². The minimum atomic E-state index is 0.0712. The number of nitrogens with zero attached hydrogens (tertiary/aromatic N) is 4. The van der Waals surface area contributed by atoms with Crippen molar-refractivity contribution in [2.75, 3.05) is 5.75 Å². The summed E-state index contributed by atoms with van der Waals surface area (Å²) < 4.78 is 8.08. The number of hydrogen-bond donors (Lipinski definition) is 0. The van der Waals surface area contributed by atoms with E-state index in [9.17, 15) is 0 Å². The van der Waals surface area contributed by atoms with Gasteiger partial charge < -0.3 is 4.74 Å². The summed E-state index contributed by atoms with van der Waals surface area (Å²) in [4.78, 5) is 0. The van der Waals surface area contributed by atoms with Gasteiger partial charge >= 0.3 is 0 Å². The Morgan fingerprint density at radius 3 is 2.54 bits per heavy atom. The lowest BCUT2D eigenvalue weighted by Crippen LogP contribution is -2.14. The summed E-state index contributed by atoms with van der Waals surface area (Å²) in [6, 6.07) is 20.7. The first kappa shape index (κ1) is 20.0. The molecule has 0 fully saturated rings. The quantitative estimate of drug-likeness (QED) is 0.377. The highest BCUT2D eigenvalue weighted by Crippen LogP contribution is 2.27. The van der Waals surface area contributed by atoms with Crippen molar-refractivity contribution >= 4 is 11.8 Å². The summed E-state index contributed by atoms with van der Waals surface area (Å²) in [7, 11) is 0. The molecule has 0 bridgehead atoms. The van der Waals surface area contributed by atoms with Gasteiger partial charge in [0.05, 0.1) is 12.1 Å². The number of aryl methyl sites for hydroxylation is 1. The van der Waals surface area contributed by atoms with Crippen LogP contribution in [0.2, 0.25) is 0 Å². The Balaban J connectivity index is 1.81. The van der Waals surface area contributed by atoms with Crippen molar-refractivity contribution in [2.24, 2.45) is 0 Å². The number of aromatic nitrogens is 3. The first-order valence-electron chi connectivity index (χ1n) is 9.43. The van der Waals surface area contributed by atoms with Gasteiger partial charge in [-0.3, -0.25) is 4.57 Å². The summed E-state index contributed by atoms with van der Waals surface area (Å²) in [5.74, 6) is 2.28. The van der Waals surface area contributed by atoms with E-state index >= 15 is 0 Å². The van der Waals surface area contributed by atoms with Crippen molar-refractivity contribution in [3.8, 4) is 11.8 Å². The van der Waals surface area contributed by atoms with Crippen LogP contribution in [0, 0.1) is 11.3 Å². The van der Waals surface area contributed by atoms with Gasteiger partial charge in [-0.2, -0.15) is 5.26 Å². The summed E-state index contributed by atoms with van der Waals surface area (Å²) in [5.41, 5.74) is 2.46. The topological polar surface area (TPSA) is 63.7 Å². The van der Waals surface area contributed by atoms with Crippen LogP contribution in [0.3, 0.4) is 0 Å². The van der Waals surface area contributed by atoms with E-state index in [-0.39, 0.29) is 6.04 Å². The van der Waals surface area contributed by atoms with Crippen molar-refractivity contribution in [3.63, 3.8) is 0 Å². The number of benzene rings is 2. The fourth-order valence-electron chi connectivity index (χ4n) is 2.93. The molecule has 3 aromatic rings. The Morgan fingerprint density at radius 1 is 1.11 bits per heavy atom. The molecule has 144 valence electrons. The molecule has 0 saturated heterocycles. The summed E-state index contributed by atoms with van der Waals surface area (Å²) >= 11 is 1.55. The van der Waals surface area contributed by atoms with Crippen LogP contribution in [0.25, 0.3) is 0 Å². The Kier molecular flexibility index (Phi) is 7.10. The standard InChI is InChI=1S/C22H24N4OS/c1-3-18-10-12-20(13-11-18)27-16-21-24-25-22(28-15-7-14-23)26(21)17(2)19-8-5-4-6-9-19/h4-6,8-13,17H,3,7,15-16H2,1-2H3/t17-/m1/s1. The molecule has 1 heterocycles. The second-order valence-corrected chi connectivity index (χ2v) is 7.46. The van der Waals surface area contributed by atoms with Crippen LogP contribution in [0.5, 0.6) is 5.75 Å². The Hall–Kier alpha value is -2.78. The van der Waals surface area contributed by atoms with E-state index in [0.29, 0.717) is 18.8 Å². The molecule has 0 unspecified atom stereocenters. The second-order valence-electron chi connectivity index (χ2n) is 6.40. The highest BCUT2D eigenvalue weighted by Gasteiger charge is 2.19. The molecule has 0 aliphatic carbocycles. The fraction of sp³-hybridized carbons (Fsp3) is 0.318. The van der Waals surface area contributed by atoms with E-state index in [4.69, 9.17) is 10.00 Å². The molecule has 5 nitrogen and oxygen atoms in total. The molecule has 0 saturated carbocycles. The van der Waals surface area contributed by atoms with Gasteiger partial charge in [0.1, 0.15) is 12.4 Å². The molecule has 0 N–H and O–H groups in total. The smallest absolute Gasteiger partial charge is 0.191 e. The lowest BCUT2D eigenvalue weighted by molar-refractivity contribution is 0.285. The molecule has 0 spiro atoms. The maximum Gasteiger partial charge on any atom is 0.191 e. The normalized spacial score (nSPS) is 11.8. The predicted molar refractivity (Wildman–Crippen MR) is 111 cm³/mol. The monoisotopic (exact) mass is 392 g/mol. The zero-order valence-corrected chi connectivity index (χ0v) is 17.0.